The number of anilines is 2. The smallest absolute Gasteiger partial charge is 0.223 e. The van der Waals surface area contributed by atoms with Gasteiger partial charge in [0.15, 0.2) is 0 Å². The van der Waals surface area contributed by atoms with Gasteiger partial charge in [0.05, 0.1) is 6.04 Å². The maximum Gasteiger partial charge on any atom is 0.223 e. The Morgan fingerprint density at radius 1 is 1.29 bits per heavy atom. The molecule has 0 fully saturated rings. The minimum atomic E-state index is 0.0594. The van der Waals surface area contributed by atoms with Gasteiger partial charge in [-0.25, -0.2) is 0 Å². The first-order valence-corrected chi connectivity index (χ1v) is 9.24. The molecule has 2 aromatic rings. The lowest BCUT2D eigenvalue weighted by molar-refractivity contribution is -0.116. The fourth-order valence-electron chi connectivity index (χ4n) is 3.87. The second-order valence-electron chi connectivity index (χ2n) is 6.77. The number of fused-ring (bicyclic) bond motifs is 3. The van der Waals surface area contributed by atoms with Crippen LogP contribution in [-0.4, -0.2) is 13.0 Å². The minimum absolute atomic E-state index is 0.0594. The summed E-state index contributed by atoms with van der Waals surface area (Å²) in [5.74, 6) is 1.03. The Labute approximate surface area is 147 Å². The first-order chi connectivity index (χ1) is 11.5. The van der Waals surface area contributed by atoms with E-state index in [4.69, 9.17) is 0 Å². The third-order valence-corrected chi connectivity index (χ3v) is 6.36. The Bertz CT molecular complexity index is 823. The predicted octanol–water partition coefficient (Wildman–Crippen LogP) is 4.87. The molecule has 4 rings (SSSR count). The molecule has 4 heteroatoms. The predicted molar refractivity (Wildman–Crippen MR) is 101 cm³/mol. The van der Waals surface area contributed by atoms with Crippen molar-refractivity contribution < 1.29 is 4.79 Å². The van der Waals surface area contributed by atoms with Crippen molar-refractivity contribution in [3.63, 3.8) is 0 Å². The van der Waals surface area contributed by atoms with Gasteiger partial charge in [-0.2, -0.15) is 0 Å². The Morgan fingerprint density at radius 2 is 2.12 bits per heavy atom. The van der Waals surface area contributed by atoms with E-state index in [1.807, 2.05) is 24.5 Å². The molecule has 1 N–H and O–H groups in total. The maximum absolute atomic E-state index is 11.7. The number of allylic oxidation sites excluding steroid dienone is 2. The molecule has 124 valence electrons. The van der Waals surface area contributed by atoms with Gasteiger partial charge in [0, 0.05) is 41.0 Å². The Morgan fingerprint density at radius 3 is 2.83 bits per heavy atom. The van der Waals surface area contributed by atoms with Crippen LogP contribution < -0.4 is 10.2 Å². The van der Waals surface area contributed by atoms with Gasteiger partial charge in [0.1, 0.15) is 0 Å². The van der Waals surface area contributed by atoms with Crippen molar-refractivity contribution in [3.05, 3.63) is 57.8 Å². The van der Waals surface area contributed by atoms with E-state index in [1.54, 1.807) is 11.8 Å². The zero-order chi connectivity index (χ0) is 16.8. The van der Waals surface area contributed by atoms with Crippen LogP contribution in [0.1, 0.15) is 40.6 Å². The first-order valence-electron chi connectivity index (χ1n) is 8.42. The van der Waals surface area contributed by atoms with Crippen LogP contribution in [0.4, 0.5) is 11.4 Å². The summed E-state index contributed by atoms with van der Waals surface area (Å²) in [6.07, 6.45) is 5.75. The highest BCUT2D eigenvalue weighted by Gasteiger charge is 2.38. The summed E-state index contributed by atoms with van der Waals surface area (Å²) in [7, 11) is 1.83. The molecular weight excluding hydrogens is 316 g/mol. The van der Waals surface area contributed by atoms with Gasteiger partial charge in [-0.05, 0) is 55.2 Å². The first kappa shape index (κ1) is 15.5. The van der Waals surface area contributed by atoms with Crippen molar-refractivity contribution in [2.45, 2.75) is 32.2 Å². The van der Waals surface area contributed by atoms with Gasteiger partial charge in [-0.15, -0.1) is 11.3 Å². The van der Waals surface area contributed by atoms with E-state index in [9.17, 15) is 4.79 Å². The molecule has 2 aliphatic rings. The summed E-state index contributed by atoms with van der Waals surface area (Å²) in [5.41, 5.74) is 3.47. The summed E-state index contributed by atoms with van der Waals surface area (Å²) < 4.78 is 0. The number of rotatable bonds is 2. The van der Waals surface area contributed by atoms with Crippen LogP contribution in [0.15, 0.2) is 42.5 Å². The number of hydrogen-bond donors (Lipinski definition) is 1. The fraction of sp³-hybridized carbons (Fsp3) is 0.350. The second kappa shape index (κ2) is 5.78. The van der Waals surface area contributed by atoms with Crippen molar-refractivity contribution in [1.82, 2.24) is 0 Å². The molecule has 24 heavy (non-hydrogen) atoms. The average molecular weight is 338 g/mol. The third kappa shape index (κ3) is 2.46. The molecule has 0 saturated carbocycles. The van der Waals surface area contributed by atoms with E-state index >= 15 is 0 Å². The average Bonchev–Trinajstić information content (AvgIpc) is 3.22. The highest BCUT2D eigenvalue weighted by molar-refractivity contribution is 7.12. The third-order valence-electron chi connectivity index (χ3n) is 5.27. The number of benzene rings is 1. The number of nitrogens with zero attached hydrogens (tertiary/aromatic N) is 1. The van der Waals surface area contributed by atoms with E-state index in [0.717, 1.165) is 12.1 Å². The molecule has 0 spiro atoms. The molecule has 0 radical (unpaired) electrons. The Balaban J connectivity index is 1.74. The quantitative estimate of drug-likeness (QED) is 0.793. The second-order valence-corrected chi connectivity index (χ2v) is 8.09. The number of hydrogen-bond acceptors (Lipinski definition) is 3. The van der Waals surface area contributed by atoms with Crippen LogP contribution >= 0.6 is 11.3 Å². The highest BCUT2D eigenvalue weighted by Crippen LogP contribution is 2.51. The highest BCUT2D eigenvalue weighted by atomic mass is 32.1. The lowest BCUT2D eigenvalue weighted by atomic mass is 9.78. The van der Waals surface area contributed by atoms with E-state index in [2.05, 4.69) is 48.7 Å². The molecule has 1 aromatic heterocycles. The molecule has 0 saturated heterocycles. The summed E-state index contributed by atoms with van der Waals surface area (Å²) in [6.45, 7) is 3.77. The zero-order valence-electron chi connectivity index (χ0n) is 14.2. The summed E-state index contributed by atoms with van der Waals surface area (Å²) in [6, 6.07) is 11.2. The van der Waals surface area contributed by atoms with Crippen LogP contribution in [0.3, 0.4) is 0 Å². The fourth-order valence-corrected chi connectivity index (χ4v) is 4.88. The number of amides is 1. The van der Waals surface area contributed by atoms with Crippen LogP contribution in [0.25, 0.3) is 0 Å². The largest absolute Gasteiger partial charge is 0.377 e. The Hall–Kier alpha value is -2.07. The van der Waals surface area contributed by atoms with Crippen molar-refractivity contribution >= 4 is 28.6 Å². The van der Waals surface area contributed by atoms with Gasteiger partial charge in [0.2, 0.25) is 5.91 Å². The van der Waals surface area contributed by atoms with Crippen LogP contribution in [0, 0.1) is 12.8 Å². The molecule has 3 unspecified atom stereocenters. The van der Waals surface area contributed by atoms with Crippen LogP contribution in [-0.2, 0) is 4.79 Å². The maximum atomic E-state index is 11.7. The van der Waals surface area contributed by atoms with Crippen molar-refractivity contribution in [2.24, 2.45) is 5.92 Å². The van der Waals surface area contributed by atoms with E-state index in [1.165, 1.54) is 21.0 Å². The molecule has 1 amide bonds. The SMILES string of the molecule is CC(=O)N(C)c1ccc2c(c1)C1C=CCC1C(c1ccc(C)s1)N2. The normalized spacial score (nSPS) is 24.2. The van der Waals surface area contributed by atoms with E-state index in [-0.39, 0.29) is 5.91 Å². The van der Waals surface area contributed by atoms with Crippen molar-refractivity contribution in [1.29, 1.82) is 0 Å². The van der Waals surface area contributed by atoms with Gasteiger partial charge in [-0.1, -0.05) is 12.2 Å². The van der Waals surface area contributed by atoms with Gasteiger partial charge >= 0.3 is 0 Å². The zero-order valence-corrected chi connectivity index (χ0v) is 15.1. The molecule has 3 nitrogen and oxygen atoms in total. The lowest BCUT2D eigenvalue weighted by Gasteiger charge is -2.37. The molecule has 1 aromatic carbocycles. The van der Waals surface area contributed by atoms with Crippen LogP contribution in [0.5, 0.6) is 0 Å². The lowest BCUT2D eigenvalue weighted by Crippen LogP contribution is -2.29. The molecule has 0 bridgehead atoms. The molecule has 2 heterocycles. The number of carbonyl (C=O) groups is 1. The molecular formula is C20H22N2OS. The van der Waals surface area contributed by atoms with Gasteiger partial charge in [-0.3, -0.25) is 4.79 Å². The van der Waals surface area contributed by atoms with E-state index < -0.39 is 0 Å². The summed E-state index contributed by atoms with van der Waals surface area (Å²) in [5, 5.41) is 3.76. The standard InChI is InChI=1S/C20H22N2OS/c1-12-7-10-19(24-12)20-16-6-4-5-15(16)17-11-14(22(3)13(2)23)8-9-18(17)21-20/h4-5,7-11,15-16,20-21H,6H2,1-3H3. The van der Waals surface area contributed by atoms with Crippen molar-refractivity contribution in [2.75, 3.05) is 17.3 Å². The topological polar surface area (TPSA) is 32.3 Å². The summed E-state index contributed by atoms with van der Waals surface area (Å²) >= 11 is 1.89. The number of aryl methyl sites for hydroxylation is 1. The number of carbonyl (C=O) groups excluding carboxylic acids is 1. The van der Waals surface area contributed by atoms with Crippen LogP contribution in [0.2, 0.25) is 0 Å². The molecule has 1 aliphatic heterocycles. The molecule has 1 aliphatic carbocycles. The number of nitrogens with one attached hydrogen (secondary N) is 1. The van der Waals surface area contributed by atoms with E-state index in [0.29, 0.717) is 17.9 Å². The monoisotopic (exact) mass is 338 g/mol. The summed E-state index contributed by atoms with van der Waals surface area (Å²) in [4.78, 5) is 16.2. The minimum Gasteiger partial charge on any atom is -0.377 e. The van der Waals surface area contributed by atoms with Gasteiger partial charge in [0.25, 0.3) is 0 Å². The Kier molecular flexibility index (Phi) is 3.72. The van der Waals surface area contributed by atoms with Crippen molar-refractivity contribution in [3.8, 4) is 0 Å². The number of thiophene rings is 1. The van der Waals surface area contributed by atoms with Gasteiger partial charge < -0.3 is 10.2 Å². The molecule has 3 atom stereocenters.